The van der Waals surface area contributed by atoms with Crippen molar-refractivity contribution in [1.82, 2.24) is 5.32 Å². The van der Waals surface area contributed by atoms with Crippen LogP contribution in [-0.4, -0.2) is 54.3 Å². The van der Waals surface area contributed by atoms with Crippen molar-refractivity contribution < 1.29 is 4.79 Å². The summed E-state index contributed by atoms with van der Waals surface area (Å²) in [5.74, 6) is 0.216. The van der Waals surface area contributed by atoms with E-state index in [2.05, 4.69) is 70.8 Å². The summed E-state index contributed by atoms with van der Waals surface area (Å²) in [7, 11) is -5.59. The number of carbonyl (C=O) groups is 1. The first kappa shape index (κ1) is 23.0. The van der Waals surface area contributed by atoms with E-state index in [0.717, 1.165) is 6.17 Å². The second-order valence-electron chi connectivity index (χ2n) is 9.86. The predicted octanol–water partition coefficient (Wildman–Crippen LogP) is 4.30. The second-order valence-corrected chi connectivity index (χ2v) is 64.8. The van der Waals surface area contributed by atoms with Crippen LogP contribution in [0, 0.1) is 0 Å². The Bertz CT molecular complexity index is 386. The summed E-state index contributed by atoms with van der Waals surface area (Å²) in [5.41, 5.74) is 0. The number of hydrogen-bond acceptors (Lipinski definition) is 2. The molecule has 0 unspecified atom stereocenters. The fourth-order valence-electron chi connectivity index (χ4n) is 2.82. The third kappa shape index (κ3) is 4.34. The molecule has 0 aliphatic heterocycles. The van der Waals surface area contributed by atoms with E-state index in [-0.39, 0.29) is 5.78 Å². The highest BCUT2D eigenvalue weighted by atomic mass is 35.6. The average molecular weight is 412 g/mol. The third-order valence-corrected chi connectivity index (χ3v) is 103. The summed E-state index contributed by atoms with van der Waals surface area (Å²) < 4.78 is 0. The Hall–Kier alpha value is 1.00. The summed E-state index contributed by atoms with van der Waals surface area (Å²) >= 11 is 7.73. The number of hydrogen-bond donors (Lipinski definition) is 1. The fourth-order valence-corrected chi connectivity index (χ4v) is 116. The lowest BCUT2D eigenvalue weighted by Crippen LogP contribution is -2.86. The highest BCUT2D eigenvalue weighted by Gasteiger charge is 2.65. The first-order chi connectivity index (χ1) is 9.42. The molecule has 1 N–H and O–H groups in total. The maximum atomic E-state index is 11.4. The molecule has 0 radical (unpaired) electrons. The maximum Gasteiger partial charge on any atom is 0.146 e. The Balaban J connectivity index is 5.94. The molecule has 132 valence electrons. The van der Waals surface area contributed by atoms with Crippen molar-refractivity contribution >= 4 is 52.7 Å². The van der Waals surface area contributed by atoms with Gasteiger partial charge >= 0.3 is 0 Å². The first-order valence-corrected chi connectivity index (χ1v) is 28.5. The normalized spacial score (nSPS) is 15.1. The molecule has 0 aliphatic carbocycles. The molecule has 2 nitrogen and oxygen atoms in total. The largest absolute Gasteiger partial charge is 0.312 e. The summed E-state index contributed by atoms with van der Waals surface area (Å²) in [6, 6.07) is 0. The lowest BCUT2D eigenvalue weighted by atomic mass is 10.5. The van der Waals surface area contributed by atoms with Crippen LogP contribution in [0.5, 0.6) is 0 Å². The predicted molar refractivity (Wildman–Crippen MR) is 117 cm³/mol. The van der Waals surface area contributed by atoms with E-state index >= 15 is 0 Å². The molecule has 0 aliphatic rings. The molecule has 0 aromatic carbocycles. The van der Waals surface area contributed by atoms with Gasteiger partial charge in [-0.2, -0.15) is 11.1 Å². The molecule has 0 saturated carbocycles. The Morgan fingerprint density at radius 1 is 0.818 bits per heavy atom. The van der Waals surface area contributed by atoms with Gasteiger partial charge in [0.1, 0.15) is 12.2 Å². The molecule has 22 heavy (non-hydrogen) atoms. The monoisotopic (exact) mass is 411 g/mol. The molecular formula is C14H38ClNOSi5. The van der Waals surface area contributed by atoms with E-state index in [9.17, 15) is 4.79 Å². The number of halogens is 1. The number of nitrogens with one attached hydrogen (secondary N) is 1. The SMILES string of the molecule is CC(=O)CNC[Si](Cl)([Si](C)(C)[Si](C)(C)C)[Si](C)(C)[Si](C)(C)C. The zero-order valence-corrected chi connectivity index (χ0v) is 22.5. The molecule has 0 saturated heterocycles. The van der Waals surface area contributed by atoms with Crippen LogP contribution in [-0.2, 0) is 4.79 Å². The van der Waals surface area contributed by atoms with E-state index < -0.39 is 35.8 Å². The maximum absolute atomic E-state index is 11.4. The molecule has 0 amide bonds. The van der Waals surface area contributed by atoms with Crippen LogP contribution in [0.2, 0.25) is 65.5 Å². The molecule has 0 heterocycles. The minimum absolute atomic E-state index is 0.216. The zero-order chi connectivity index (χ0) is 18.2. The van der Waals surface area contributed by atoms with Crippen LogP contribution in [0.15, 0.2) is 0 Å². The molecular weight excluding hydrogens is 374 g/mol. The first-order valence-electron chi connectivity index (χ1n) is 8.31. The number of ketones is 1. The van der Waals surface area contributed by atoms with Crippen molar-refractivity contribution in [3.63, 3.8) is 0 Å². The molecule has 0 atom stereocenters. The van der Waals surface area contributed by atoms with E-state index in [1.54, 1.807) is 6.92 Å². The van der Waals surface area contributed by atoms with Gasteiger partial charge in [0.2, 0.25) is 0 Å². The summed E-state index contributed by atoms with van der Waals surface area (Å²) in [6.45, 7) is 27.5. The smallest absolute Gasteiger partial charge is 0.146 e. The van der Waals surface area contributed by atoms with Crippen molar-refractivity contribution in [3.8, 4) is 0 Å². The van der Waals surface area contributed by atoms with E-state index in [1.807, 2.05) is 0 Å². The fraction of sp³-hybridized carbons (Fsp3) is 0.929. The number of rotatable bonds is 8. The lowest BCUT2D eigenvalue weighted by Gasteiger charge is -2.57. The van der Waals surface area contributed by atoms with Crippen molar-refractivity contribution in [3.05, 3.63) is 0 Å². The minimum Gasteiger partial charge on any atom is -0.312 e. The molecule has 0 spiro atoms. The molecule has 0 rings (SSSR count). The van der Waals surface area contributed by atoms with Gasteiger partial charge in [0.05, 0.1) is 20.8 Å². The van der Waals surface area contributed by atoms with Crippen LogP contribution in [0.4, 0.5) is 0 Å². The zero-order valence-electron chi connectivity index (χ0n) is 16.7. The average Bonchev–Trinajstić information content (AvgIpc) is 2.24. The topological polar surface area (TPSA) is 29.1 Å². The van der Waals surface area contributed by atoms with Crippen molar-refractivity contribution in [2.45, 2.75) is 72.4 Å². The van der Waals surface area contributed by atoms with Gasteiger partial charge in [0.15, 0.2) is 0 Å². The lowest BCUT2D eigenvalue weighted by molar-refractivity contribution is -0.116. The molecule has 8 heteroatoms. The third-order valence-electron chi connectivity index (χ3n) is 6.47. The second kappa shape index (κ2) is 7.09. The van der Waals surface area contributed by atoms with E-state index in [1.165, 1.54) is 0 Å². The van der Waals surface area contributed by atoms with Crippen molar-refractivity contribution in [2.24, 2.45) is 0 Å². The van der Waals surface area contributed by atoms with E-state index in [4.69, 9.17) is 11.1 Å². The van der Waals surface area contributed by atoms with Gasteiger partial charge in [-0.1, -0.05) is 65.5 Å². The summed E-state index contributed by atoms with van der Waals surface area (Å²) in [6.07, 6.45) is -0.987. The van der Waals surface area contributed by atoms with Gasteiger partial charge in [-0.05, 0) is 6.92 Å². The van der Waals surface area contributed by atoms with Gasteiger partial charge in [-0.3, -0.25) is 4.79 Å². The van der Waals surface area contributed by atoms with Gasteiger partial charge in [-0.25, -0.2) is 0 Å². The van der Waals surface area contributed by atoms with Gasteiger partial charge in [0.25, 0.3) is 0 Å². The van der Waals surface area contributed by atoms with Gasteiger partial charge < -0.3 is 5.32 Å². The molecule has 0 aromatic heterocycles. The molecule has 0 bridgehead atoms. The van der Waals surface area contributed by atoms with Crippen LogP contribution >= 0.6 is 11.1 Å². The Morgan fingerprint density at radius 2 is 1.14 bits per heavy atom. The number of Topliss-reactive ketones (excluding diaryl/α,β-unsaturated/α-hetero) is 1. The number of carbonyl (C=O) groups excluding carboxylic acids is 1. The highest BCUT2D eigenvalue weighted by Crippen LogP contribution is 2.41. The van der Waals surface area contributed by atoms with Gasteiger partial charge in [-0.15, -0.1) is 0 Å². The van der Waals surface area contributed by atoms with Crippen LogP contribution < -0.4 is 5.32 Å². The highest BCUT2D eigenvalue weighted by molar-refractivity contribution is 8.00. The van der Waals surface area contributed by atoms with Gasteiger partial charge in [0, 0.05) is 21.4 Å². The molecule has 0 fully saturated rings. The van der Waals surface area contributed by atoms with Crippen molar-refractivity contribution in [2.75, 3.05) is 12.7 Å². The Morgan fingerprint density at radius 3 is 1.36 bits per heavy atom. The quantitative estimate of drug-likeness (QED) is 0.476. The van der Waals surface area contributed by atoms with Crippen LogP contribution in [0.1, 0.15) is 6.92 Å². The van der Waals surface area contributed by atoms with Crippen LogP contribution in [0.3, 0.4) is 0 Å². The van der Waals surface area contributed by atoms with Crippen molar-refractivity contribution in [1.29, 1.82) is 0 Å². The molecule has 0 aromatic rings. The summed E-state index contributed by atoms with van der Waals surface area (Å²) in [4.78, 5) is 11.4. The Kier molecular flexibility index (Phi) is 7.41. The van der Waals surface area contributed by atoms with E-state index in [0.29, 0.717) is 6.54 Å². The minimum atomic E-state index is -1.93. The standard InChI is InChI=1S/C14H38ClNOSi5/c1-14(17)12-16-13-22(15,20(8,9)18(2,3)4)21(10,11)19(5,6)7/h16H,12-13H2,1-11H3. The Labute approximate surface area is 147 Å². The van der Waals surface area contributed by atoms with Crippen LogP contribution in [0.25, 0.3) is 0 Å². The summed E-state index contributed by atoms with van der Waals surface area (Å²) in [5, 5.41) is 3.48.